The van der Waals surface area contributed by atoms with E-state index in [0.29, 0.717) is 87.7 Å². The number of sulfonamides is 1. The number of fused-ring (bicyclic) bond motifs is 8. The van der Waals surface area contributed by atoms with Gasteiger partial charge in [-0.3, -0.25) is 29.0 Å². The number of β-amino-alcohol motifs (C(OH)–C–C–N with tert-alkyl or cyclic N) is 1. The molecule has 2 aromatic heterocycles. The second kappa shape index (κ2) is 32.2. The van der Waals surface area contributed by atoms with E-state index in [9.17, 15) is 54.3 Å². The molecule has 0 unspecified atom stereocenters. The van der Waals surface area contributed by atoms with Gasteiger partial charge in [0.1, 0.15) is 41.6 Å². The number of piperazine rings is 2. The van der Waals surface area contributed by atoms with E-state index in [0.717, 1.165) is 83.3 Å². The third-order valence-electron chi connectivity index (χ3n) is 21.8. The number of likely N-dealkylation sites (tertiary alicyclic amines) is 3. The molecule has 0 radical (unpaired) electrons. The first-order chi connectivity index (χ1) is 52.1. The van der Waals surface area contributed by atoms with Gasteiger partial charge in [0.15, 0.2) is 5.76 Å². The second-order valence-corrected chi connectivity index (χ2v) is 36.3. The number of allylic oxidation sites excluding steroid dienone is 1. The number of amides is 4. The van der Waals surface area contributed by atoms with E-state index in [1.807, 2.05) is 84.1 Å². The van der Waals surface area contributed by atoms with Gasteiger partial charge >= 0.3 is 5.51 Å². The molecule has 0 saturated carbocycles. The van der Waals surface area contributed by atoms with Gasteiger partial charge in [-0.15, -0.1) is 23.1 Å². The Morgan fingerprint density at radius 3 is 2.44 bits per heavy atom. The van der Waals surface area contributed by atoms with Crippen molar-refractivity contribution >= 4 is 95.1 Å². The van der Waals surface area contributed by atoms with Crippen molar-refractivity contribution in [1.29, 1.82) is 0 Å². The summed E-state index contributed by atoms with van der Waals surface area (Å²) in [6.07, 6.45) is 4.46. The topological polar surface area (TPSA) is 276 Å². The quantitative estimate of drug-likeness (QED) is 0.0275. The maximum absolute atomic E-state index is 14.7. The minimum absolute atomic E-state index is 0.0121. The number of aliphatic hydroxyl groups is 1. The Hall–Kier alpha value is -8.23. The number of alkyl halides is 3. The van der Waals surface area contributed by atoms with Gasteiger partial charge in [-0.25, -0.2) is 26.5 Å². The molecule has 0 spiro atoms. The molecule has 31 heteroatoms. The van der Waals surface area contributed by atoms with Crippen LogP contribution in [-0.2, 0) is 47.4 Å². The van der Waals surface area contributed by atoms with Gasteiger partial charge in [-0.2, -0.15) is 13.2 Å². The second-order valence-electron chi connectivity index (χ2n) is 30.3. The van der Waals surface area contributed by atoms with Crippen LogP contribution >= 0.6 is 34.7 Å². The third-order valence-corrected chi connectivity index (χ3v) is 27.0. The Morgan fingerprint density at radius 2 is 1.67 bits per heavy atom. The molecule has 109 heavy (non-hydrogen) atoms. The van der Waals surface area contributed by atoms with Crippen molar-refractivity contribution in [2.75, 3.05) is 81.5 Å². The lowest BCUT2D eigenvalue weighted by Gasteiger charge is -2.46. The molecule has 4 fully saturated rings. The average molecular weight is 1590 g/mol. The molecule has 23 nitrogen and oxygen atoms in total. The molecule has 14 rings (SSSR count). The smallest absolute Gasteiger partial charge is 0.489 e. The molecule has 5 aromatic carbocycles. The van der Waals surface area contributed by atoms with Crippen molar-refractivity contribution in [3.63, 3.8) is 0 Å². The molecular formula is C78H88ClF3N10O13S4. The van der Waals surface area contributed by atoms with Crippen LogP contribution in [0.1, 0.15) is 124 Å². The van der Waals surface area contributed by atoms with E-state index in [1.54, 1.807) is 29.0 Å². The summed E-state index contributed by atoms with van der Waals surface area (Å²) in [6, 6.07) is 29.8. The first-order valence-corrected chi connectivity index (χ1v) is 42.1. The van der Waals surface area contributed by atoms with Gasteiger partial charge in [0, 0.05) is 123 Å². The molecule has 4 amide bonds. The SMILES string of the molecule is CC(C)[C@@H](C(=O)N1C[C@H](O)C[C@@H]1C(=O)NCc1ccc2c(c1)OCc1ncsc1-2)c1cc(OCCCCC(=O)N2C[C@H]3C[C@@H]2CN3CC[C@H](CSc2ccccc2)Nc2ccc(S(=O)(=O)NC(=O)c3ccc4c(c3)OC[C@@H]3CN(CC5=C(c6ccc(Cl)cc6)CCC(C)(C)C5)CCN43)cc2S(=O)(=O)C(F)(F)F)no1. The number of nitrogens with zero attached hydrogens (tertiary/aromatic N) is 7. The molecule has 4 N–H and O–H groups in total. The number of thiazole rings is 1. The highest BCUT2D eigenvalue weighted by molar-refractivity contribution is 7.99. The monoisotopic (exact) mass is 1590 g/mol. The molecule has 8 heterocycles. The van der Waals surface area contributed by atoms with Gasteiger partial charge < -0.3 is 49.2 Å². The number of hydrogen-bond donors (Lipinski definition) is 4. The molecule has 7 aromatic rings. The fraction of sp³-hybridized carbons (Fsp3) is 0.462. The van der Waals surface area contributed by atoms with Gasteiger partial charge in [0.25, 0.3) is 31.6 Å². The highest BCUT2D eigenvalue weighted by Crippen LogP contribution is 2.46. The predicted octanol–water partition coefficient (Wildman–Crippen LogP) is 11.8. The third kappa shape index (κ3) is 17.3. The Morgan fingerprint density at radius 1 is 0.862 bits per heavy atom. The summed E-state index contributed by atoms with van der Waals surface area (Å²) in [5.41, 5.74) is 2.84. The van der Waals surface area contributed by atoms with E-state index >= 15 is 0 Å². The normalized spacial score (nSPS) is 21.0. The Labute approximate surface area is 645 Å². The number of aromatic nitrogens is 2. The lowest BCUT2D eigenvalue weighted by molar-refractivity contribution is -0.141. The number of aliphatic hydroxyl groups excluding tert-OH is 1. The zero-order valence-electron chi connectivity index (χ0n) is 60.8. The largest absolute Gasteiger partial charge is 0.501 e. The van der Waals surface area contributed by atoms with Crippen LogP contribution in [0.5, 0.6) is 17.4 Å². The molecular weight excluding hydrogens is 1510 g/mol. The standard InChI is InChI=1S/C78H88ClF3N10O13S4/c1-47(2)72(76(97)92-42-57(93)33-65(92)75(96)83-37-48-13-20-61-66(30-48)104-44-63-73(61)107-46-84-63)68-35-70(86-105-68)102-29-9-8-12-71(94)91-41-54-32-55(91)40-89(54)26-24-53(45-106-58-10-6-5-7-11-58)85-62-21-19-59(34-69(62)108(98,99)78(80,81)82)109(100,101)87-74(95)50-16-22-64-67(31-50)103-43-56-39-88(27-28-90(56)64)38-51-36-77(3,4)25-23-60(51)49-14-17-52(79)18-15-49/h5-7,10-11,13-22,30-31,34-35,46-47,53-57,65,72,85,93H,8-9,12,23-29,32-33,36-45H2,1-4H3,(H,83,96)(H,87,95)/t53-,54-,55-,56+,57-,65-,72-/m1/s1. The van der Waals surface area contributed by atoms with Crippen LogP contribution in [0, 0.1) is 11.3 Å². The van der Waals surface area contributed by atoms with Crippen LogP contribution in [0.25, 0.3) is 16.0 Å². The zero-order valence-corrected chi connectivity index (χ0v) is 64.9. The molecule has 7 aliphatic rings. The molecule has 1 aliphatic carbocycles. The first kappa shape index (κ1) is 77.5. The van der Waals surface area contributed by atoms with Crippen LogP contribution in [0.15, 0.2) is 146 Å². The summed E-state index contributed by atoms with van der Waals surface area (Å²) < 4.78 is 125. The fourth-order valence-corrected chi connectivity index (χ4v) is 20.1. The van der Waals surface area contributed by atoms with Gasteiger partial charge in [0.2, 0.25) is 17.7 Å². The van der Waals surface area contributed by atoms with E-state index in [4.69, 9.17) is 30.3 Å². The van der Waals surface area contributed by atoms with Crippen LogP contribution in [0.2, 0.25) is 5.02 Å². The summed E-state index contributed by atoms with van der Waals surface area (Å²) in [5.74, 6) is -1.32. The number of ether oxygens (including phenoxy) is 3. The number of thioether (sulfide) groups is 1. The summed E-state index contributed by atoms with van der Waals surface area (Å²) >= 11 is 9.20. The number of nitrogens with one attached hydrogen (secondary N) is 3. The number of halogens is 4. The number of sulfone groups is 1. The average Bonchev–Trinajstić information content (AvgIpc) is 1.48. The fourth-order valence-electron chi connectivity index (χ4n) is 16.1. The highest BCUT2D eigenvalue weighted by Gasteiger charge is 2.50. The summed E-state index contributed by atoms with van der Waals surface area (Å²) in [5, 5.41) is 21.5. The van der Waals surface area contributed by atoms with Gasteiger partial charge in [-0.05, 0) is 151 Å². The molecule has 7 atom stereocenters. The predicted molar refractivity (Wildman–Crippen MR) is 408 cm³/mol. The van der Waals surface area contributed by atoms with E-state index in [-0.39, 0.29) is 90.9 Å². The number of carbonyl (C=O) groups is 4. The van der Waals surface area contributed by atoms with Crippen LogP contribution < -0.4 is 34.5 Å². The van der Waals surface area contributed by atoms with Crippen molar-refractivity contribution in [2.24, 2.45) is 11.3 Å². The minimum Gasteiger partial charge on any atom is -0.489 e. The van der Waals surface area contributed by atoms with Crippen molar-refractivity contribution in [3.05, 3.63) is 160 Å². The first-order valence-electron chi connectivity index (χ1n) is 36.9. The van der Waals surface area contributed by atoms with E-state index < -0.39 is 82.7 Å². The number of hydrogen-bond acceptors (Lipinski definition) is 21. The molecule has 4 saturated heterocycles. The summed E-state index contributed by atoms with van der Waals surface area (Å²) in [7, 11) is -11.2. The van der Waals surface area contributed by atoms with Crippen molar-refractivity contribution in [2.45, 2.75) is 161 Å². The van der Waals surface area contributed by atoms with Crippen molar-refractivity contribution < 1.29 is 73.0 Å². The van der Waals surface area contributed by atoms with Gasteiger partial charge in [0.05, 0.1) is 51.1 Å². The van der Waals surface area contributed by atoms with Crippen molar-refractivity contribution in [1.82, 2.24) is 39.8 Å². The molecule has 580 valence electrons. The summed E-state index contributed by atoms with van der Waals surface area (Å²) in [4.78, 5) is 69.9. The number of anilines is 2. The molecule has 6 aliphatic heterocycles. The zero-order chi connectivity index (χ0) is 76.7. The maximum atomic E-state index is 14.7. The molecule has 2 bridgehead atoms. The maximum Gasteiger partial charge on any atom is 0.501 e. The lowest BCUT2D eigenvalue weighted by Crippen LogP contribution is -2.57. The van der Waals surface area contributed by atoms with E-state index in [2.05, 4.69) is 61.5 Å². The van der Waals surface area contributed by atoms with Crippen molar-refractivity contribution in [3.8, 4) is 27.8 Å². The minimum atomic E-state index is -6.20. The Balaban J connectivity index is 0.559. The van der Waals surface area contributed by atoms with Crippen LogP contribution in [0.4, 0.5) is 24.5 Å². The Kier molecular flexibility index (Phi) is 22.9. The number of benzene rings is 5. The van der Waals surface area contributed by atoms with Gasteiger partial charge in [-0.1, -0.05) is 81.3 Å². The van der Waals surface area contributed by atoms with E-state index in [1.165, 1.54) is 45.5 Å². The number of unbranched alkanes of at least 4 members (excludes halogenated alkanes) is 1. The highest BCUT2D eigenvalue weighted by atomic mass is 35.5. The van der Waals surface area contributed by atoms with Crippen LogP contribution in [-0.4, -0.2) is 188 Å². The van der Waals surface area contributed by atoms with Crippen LogP contribution in [0.3, 0.4) is 0 Å². The number of rotatable bonds is 27. The summed E-state index contributed by atoms with van der Waals surface area (Å²) in [6.45, 7) is 13.7. The Bertz CT molecular complexity index is 4820. The number of carbonyl (C=O) groups excluding carboxylic acids is 4. The lowest BCUT2D eigenvalue weighted by atomic mass is 9.72.